The van der Waals surface area contributed by atoms with E-state index in [1.807, 2.05) is 35.2 Å². The highest BCUT2D eigenvalue weighted by molar-refractivity contribution is 7.99. The van der Waals surface area contributed by atoms with Crippen LogP contribution in [0, 0.1) is 0 Å². The van der Waals surface area contributed by atoms with E-state index in [0.29, 0.717) is 19.5 Å². The molecule has 140 valence electrons. The molecule has 1 unspecified atom stereocenters. The summed E-state index contributed by atoms with van der Waals surface area (Å²) in [5.74, 6) is 1.83. The first-order valence-electron chi connectivity index (χ1n) is 8.93. The number of hydrogen-bond donors (Lipinski definition) is 0. The first kappa shape index (κ1) is 19.3. The Balaban J connectivity index is 1.51. The number of carbonyl (C=O) groups excluding carboxylic acids is 1. The molecule has 26 heavy (non-hydrogen) atoms. The third-order valence-corrected chi connectivity index (χ3v) is 6.25. The predicted octanol–water partition coefficient (Wildman–Crippen LogP) is 4.45. The molecule has 3 rings (SSSR count). The van der Waals surface area contributed by atoms with Crippen molar-refractivity contribution in [2.45, 2.75) is 36.8 Å². The van der Waals surface area contributed by atoms with Crippen LogP contribution < -0.4 is 4.74 Å². The van der Waals surface area contributed by atoms with Crippen LogP contribution in [0.1, 0.15) is 24.1 Å². The predicted molar refractivity (Wildman–Crippen MR) is 107 cm³/mol. The van der Waals surface area contributed by atoms with Gasteiger partial charge in [-0.3, -0.25) is 4.79 Å². The molecule has 1 aliphatic heterocycles. The molecule has 4 nitrogen and oxygen atoms in total. The highest BCUT2D eigenvalue weighted by atomic mass is 32.2. The second-order valence-corrected chi connectivity index (χ2v) is 8.46. The van der Waals surface area contributed by atoms with Crippen LogP contribution in [0.4, 0.5) is 0 Å². The van der Waals surface area contributed by atoms with Gasteiger partial charge in [-0.2, -0.15) is 0 Å². The lowest BCUT2D eigenvalue weighted by Gasteiger charge is -2.25. The zero-order valence-corrected chi connectivity index (χ0v) is 16.7. The van der Waals surface area contributed by atoms with Crippen LogP contribution in [0.25, 0.3) is 0 Å². The molecule has 0 N–H and O–H groups in total. The number of carbonyl (C=O) groups is 1. The maximum Gasteiger partial charge on any atom is 0.223 e. The Morgan fingerprint density at radius 3 is 2.85 bits per heavy atom. The SMILES string of the molecule is COc1ccc(SCCC(=O)N(Cc2cccs2)CC2CCCO2)cc1. The third-order valence-electron chi connectivity index (χ3n) is 4.37. The van der Waals surface area contributed by atoms with E-state index >= 15 is 0 Å². The van der Waals surface area contributed by atoms with Crippen molar-refractivity contribution in [2.75, 3.05) is 26.0 Å². The molecule has 0 saturated carbocycles. The van der Waals surface area contributed by atoms with Crippen molar-refractivity contribution in [3.63, 3.8) is 0 Å². The number of amides is 1. The number of benzene rings is 1. The topological polar surface area (TPSA) is 38.8 Å². The van der Waals surface area contributed by atoms with Crippen LogP contribution in [-0.2, 0) is 16.1 Å². The molecule has 2 heterocycles. The average Bonchev–Trinajstić information content (AvgIpc) is 3.36. The lowest BCUT2D eigenvalue weighted by Crippen LogP contribution is -2.36. The van der Waals surface area contributed by atoms with E-state index in [-0.39, 0.29) is 12.0 Å². The van der Waals surface area contributed by atoms with Gasteiger partial charge in [-0.05, 0) is 48.6 Å². The third kappa shape index (κ3) is 5.76. The minimum absolute atomic E-state index is 0.188. The lowest BCUT2D eigenvalue weighted by molar-refractivity contribution is -0.132. The number of thioether (sulfide) groups is 1. The lowest BCUT2D eigenvalue weighted by atomic mass is 10.2. The molecule has 1 saturated heterocycles. The number of rotatable bonds is 9. The van der Waals surface area contributed by atoms with E-state index in [0.717, 1.165) is 35.8 Å². The second kappa shape index (κ2) is 10.00. The quantitative estimate of drug-likeness (QED) is 0.592. The van der Waals surface area contributed by atoms with Gasteiger partial charge < -0.3 is 14.4 Å². The Bertz CT molecular complexity index is 667. The Kier molecular flexibility index (Phi) is 7.41. The van der Waals surface area contributed by atoms with E-state index in [1.165, 1.54) is 4.88 Å². The highest BCUT2D eigenvalue weighted by Gasteiger charge is 2.22. The zero-order valence-electron chi connectivity index (χ0n) is 15.1. The molecule has 1 aliphatic rings. The fourth-order valence-corrected chi connectivity index (χ4v) is 4.53. The first-order valence-corrected chi connectivity index (χ1v) is 10.8. The van der Waals surface area contributed by atoms with Gasteiger partial charge in [0, 0.05) is 35.1 Å². The van der Waals surface area contributed by atoms with Crippen LogP contribution in [0.3, 0.4) is 0 Å². The summed E-state index contributed by atoms with van der Waals surface area (Å²) >= 11 is 3.40. The van der Waals surface area contributed by atoms with Crippen molar-refractivity contribution in [3.8, 4) is 5.75 Å². The molecule has 1 atom stereocenters. The van der Waals surface area contributed by atoms with Crippen molar-refractivity contribution >= 4 is 29.0 Å². The van der Waals surface area contributed by atoms with Crippen molar-refractivity contribution in [3.05, 3.63) is 46.7 Å². The number of hydrogen-bond acceptors (Lipinski definition) is 5. The van der Waals surface area contributed by atoms with Gasteiger partial charge in [0.05, 0.1) is 19.8 Å². The maximum atomic E-state index is 12.8. The Hall–Kier alpha value is -1.50. The van der Waals surface area contributed by atoms with Gasteiger partial charge >= 0.3 is 0 Å². The number of thiophene rings is 1. The molecular weight excluding hydrogens is 366 g/mol. The average molecular weight is 392 g/mol. The van der Waals surface area contributed by atoms with Gasteiger partial charge in [-0.15, -0.1) is 23.1 Å². The molecule has 2 aromatic rings. The fraction of sp³-hybridized carbons (Fsp3) is 0.450. The van der Waals surface area contributed by atoms with E-state index < -0.39 is 0 Å². The molecule has 0 spiro atoms. The van der Waals surface area contributed by atoms with Crippen LogP contribution in [0.5, 0.6) is 5.75 Å². The van der Waals surface area contributed by atoms with Gasteiger partial charge in [0.2, 0.25) is 5.91 Å². The second-order valence-electron chi connectivity index (χ2n) is 6.26. The summed E-state index contributed by atoms with van der Waals surface area (Å²) in [4.78, 5) is 17.1. The molecule has 0 radical (unpaired) electrons. The largest absolute Gasteiger partial charge is 0.497 e. The van der Waals surface area contributed by atoms with Crippen LogP contribution in [0.15, 0.2) is 46.7 Å². The highest BCUT2D eigenvalue weighted by Crippen LogP contribution is 2.23. The van der Waals surface area contributed by atoms with E-state index in [4.69, 9.17) is 9.47 Å². The number of ether oxygens (including phenoxy) is 2. The van der Waals surface area contributed by atoms with Gasteiger partial charge in [0.15, 0.2) is 0 Å². The molecular formula is C20H25NO3S2. The summed E-state index contributed by atoms with van der Waals surface area (Å²) in [5, 5.41) is 2.06. The number of methoxy groups -OCH3 is 1. The van der Waals surface area contributed by atoms with Crippen LogP contribution in [-0.4, -0.2) is 42.9 Å². The monoisotopic (exact) mass is 391 g/mol. The Morgan fingerprint density at radius 1 is 1.35 bits per heavy atom. The normalized spacial score (nSPS) is 16.6. The van der Waals surface area contributed by atoms with Crippen molar-refractivity contribution in [1.29, 1.82) is 0 Å². The fourth-order valence-electron chi connectivity index (χ4n) is 2.97. The summed E-state index contributed by atoms with van der Waals surface area (Å²) in [5.41, 5.74) is 0. The van der Waals surface area contributed by atoms with Crippen LogP contribution >= 0.6 is 23.1 Å². The first-order chi connectivity index (χ1) is 12.7. The summed E-state index contributed by atoms with van der Waals surface area (Å²) in [7, 11) is 1.66. The summed E-state index contributed by atoms with van der Waals surface area (Å²) in [6, 6.07) is 12.1. The van der Waals surface area contributed by atoms with E-state index in [2.05, 4.69) is 11.4 Å². The molecule has 1 aromatic heterocycles. The number of nitrogens with zero attached hydrogens (tertiary/aromatic N) is 1. The molecule has 0 aliphatic carbocycles. The van der Waals surface area contributed by atoms with Gasteiger partial charge in [-0.25, -0.2) is 0 Å². The summed E-state index contributed by atoms with van der Waals surface area (Å²) in [6.45, 7) is 2.20. The molecule has 1 amide bonds. The van der Waals surface area contributed by atoms with Crippen molar-refractivity contribution in [2.24, 2.45) is 0 Å². The standard InChI is InChI=1S/C20H25NO3S2/c1-23-16-6-8-18(9-7-16)26-13-10-20(22)21(14-17-4-2-11-24-17)15-19-5-3-12-25-19/h3,5-9,12,17H,2,4,10-11,13-15H2,1H3. The summed E-state index contributed by atoms with van der Waals surface area (Å²) in [6.07, 6.45) is 2.87. The van der Waals surface area contributed by atoms with Gasteiger partial charge in [0.1, 0.15) is 5.75 Å². The Morgan fingerprint density at radius 2 is 2.19 bits per heavy atom. The van der Waals surface area contributed by atoms with Gasteiger partial charge in [0.25, 0.3) is 0 Å². The molecule has 1 fully saturated rings. The zero-order chi connectivity index (χ0) is 18.2. The molecule has 1 aromatic carbocycles. The van der Waals surface area contributed by atoms with Crippen molar-refractivity contribution < 1.29 is 14.3 Å². The molecule has 0 bridgehead atoms. The minimum atomic E-state index is 0.188. The summed E-state index contributed by atoms with van der Waals surface area (Å²) < 4.78 is 10.9. The van der Waals surface area contributed by atoms with E-state index in [9.17, 15) is 4.79 Å². The van der Waals surface area contributed by atoms with Gasteiger partial charge in [-0.1, -0.05) is 6.07 Å². The van der Waals surface area contributed by atoms with E-state index in [1.54, 1.807) is 30.2 Å². The maximum absolute atomic E-state index is 12.8. The molecule has 6 heteroatoms. The van der Waals surface area contributed by atoms with Crippen molar-refractivity contribution in [1.82, 2.24) is 4.90 Å². The Labute approximate surface area is 163 Å². The smallest absolute Gasteiger partial charge is 0.223 e. The minimum Gasteiger partial charge on any atom is -0.497 e. The van der Waals surface area contributed by atoms with Crippen LogP contribution in [0.2, 0.25) is 0 Å².